The van der Waals surface area contributed by atoms with Crippen LogP contribution >= 0.6 is 0 Å². The molecule has 0 aliphatic heterocycles. The van der Waals surface area contributed by atoms with Crippen molar-refractivity contribution in [3.05, 3.63) is 128 Å². The van der Waals surface area contributed by atoms with Crippen LogP contribution in [0.4, 0.5) is 0 Å². The van der Waals surface area contributed by atoms with Crippen molar-refractivity contribution in [2.24, 2.45) is 5.92 Å². The number of allylic oxidation sites excluding steroid dienone is 20. The first-order valence-corrected chi connectivity index (χ1v) is 24.5. The lowest BCUT2D eigenvalue weighted by molar-refractivity contribution is -0.121. The number of Topliss-reactive ketones (excluding diaryl/α,β-unsaturated/α-hetero) is 2. The minimum absolute atomic E-state index is 0.00607. The van der Waals surface area contributed by atoms with Crippen LogP contribution in [0.2, 0.25) is 0 Å². The fourth-order valence-corrected chi connectivity index (χ4v) is 7.88. The molecule has 63 heavy (non-hydrogen) atoms. The van der Waals surface area contributed by atoms with Gasteiger partial charge in [0.25, 0.3) is 0 Å². The summed E-state index contributed by atoms with van der Waals surface area (Å²) in [6.07, 6.45) is 43.8. The number of hydrogen-bond acceptors (Lipinski definition) is 4. The van der Waals surface area contributed by atoms with Gasteiger partial charge < -0.3 is 9.47 Å². The molecule has 1 atom stereocenters. The number of carbonyl (C=O) groups excluding carboxylic acids is 2. The lowest BCUT2D eigenvalue weighted by Gasteiger charge is -2.19. The predicted molar refractivity (Wildman–Crippen MR) is 275 cm³/mol. The van der Waals surface area contributed by atoms with Crippen LogP contribution in [0, 0.1) is 5.92 Å². The van der Waals surface area contributed by atoms with E-state index in [1.165, 1.54) is 110 Å². The van der Waals surface area contributed by atoms with Gasteiger partial charge in [0.1, 0.15) is 0 Å². The van der Waals surface area contributed by atoms with E-state index in [0.717, 1.165) is 76.5 Å². The second-order valence-corrected chi connectivity index (χ2v) is 19.1. The summed E-state index contributed by atoms with van der Waals surface area (Å²) >= 11 is 0. The topological polar surface area (TPSA) is 52.6 Å². The molecule has 1 aliphatic rings. The van der Waals surface area contributed by atoms with Crippen LogP contribution in [0.25, 0.3) is 0 Å². The molecule has 4 nitrogen and oxygen atoms in total. The van der Waals surface area contributed by atoms with Crippen molar-refractivity contribution in [3.8, 4) is 0 Å². The van der Waals surface area contributed by atoms with E-state index in [1.807, 2.05) is 0 Å². The Bertz CT molecular complexity index is 1780. The summed E-state index contributed by atoms with van der Waals surface area (Å²) in [5.41, 5.74) is 14.1. The highest BCUT2D eigenvalue weighted by Crippen LogP contribution is 2.28. The summed E-state index contributed by atoms with van der Waals surface area (Å²) in [5.74, 6) is 0.258. The first-order chi connectivity index (χ1) is 30.0. The smallest absolute Gasteiger partial charge is 0.228 e. The molecule has 0 aromatic rings. The molecule has 0 saturated carbocycles. The Morgan fingerprint density at radius 3 is 1.08 bits per heavy atom. The van der Waals surface area contributed by atoms with E-state index in [2.05, 4.69) is 131 Å². The summed E-state index contributed by atoms with van der Waals surface area (Å²) in [6.45, 7) is 26.6. The van der Waals surface area contributed by atoms with E-state index >= 15 is 0 Å². The van der Waals surface area contributed by atoms with Gasteiger partial charge in [-0.3, -0.25) is 9.59 Å². The monoisotopic (exact) mass is 865 g/mol. The number of ether oxygens (including phenoxy) is 2. The van der Waals surface area contributed by atoms with Crippen LogP contribution in [0.5, 0.6) is 0 Å². The van der Waals surface area contributed by atoms with E-state index in [9.17, 15) is 9.59 Å². The van der Waals surface area contributed by atoms with Gasteiger partial charge in [-0.05, 0) is 204 Å². The summed E-state index contributed by atoms with van der Waals surface area (Å²) in [7, 11) is 2.78. The standard InChI is InChI=1S/C59H92O4/c1-44(2)24-15-25-45(3)26-16-27-46(4)28-17-29-47(5)30-18-31-48(6)32-19-33-49(7)34-20-35-50(8)36-21-37-51(9)38-22-39-52(10)40-23-41-53(11)42-43-55-54(12)56(60)58(62-13)59(63-14)57(55)61/h24,28,30,32,34,36,38,40,42,45H,15-23,25-27,29,31,33,35,37,39,41,43H2,1-14H3/b46-28+,47-30+,48-32+,49-34+,50-36+,51-38+,52-40+,53-42+/t45-/m1/s1. The zero-order chi connectivity index (χ0) is 47.2. The average Bonchev–Trinajstić information content (AvgIpc) is 3.21. The van der Waals surface area contributed by atoms with Gasteiger partial charge in [0.15, 0.2) is 0 Å². The van der Waals surface area contributed by atoms with Gasteiger partial charge in [0, 0.05) is 11.1 Å². The maximum Gasteiger partial charge on any atom is 0.228 e. The Hall–Kier alpha value is -3.92. The van der Waals surface area contributed by atoms with Gasteiger partial charge in [-0.25, -0.2) is 0 Å². The lowest BCUT2D eigenvalue weighted by atomic mass is 9.90. The van der Waals surface area contributed by atoms with E-state index < -0.39 is 0 Å². The fourth-order valence-electron chi connectivity index (χ4n) is 7.88. The number of carbonyl (C=O) groups is 2. The van der Waals surface area contributed by atoms with Crippen molar-refractivity contribution >= 4 is 11.6 Å². The Morgan fingerprint density at radius 2 is 0.746 bits per heavy atom. The SMILES string of the molecule is COC1=C(OC)C(=O)C(C/C=C(\C)CC/C=C(\C)CC/C=C(\C)CC/C=C(\C)CC/C=C(\C)CC/C=C(\C)CC/C=C(\C)CC/C=C(\C)CCC[C@H](C)CCC=C(C)C)=C(C)C1=O. The highest BCUT2D eigenvalue weighted by atomic mass is 16.5. The first kappa shape index (κ1) is 57.1. The third-order valence-electron chi connectivity index (χ3n) is 12.4. The first-order valence-electron chi connectivity index (χ1n) is 24.5. The zero-order valence-electron chi connectivity index (χ0n) is 43.0. The second kappa shape index (κ2) is 33.6. The number of rotatable bonds is 32. The van der Waals surface area contributed by atoms with Crippen molar-refractivity contribution in [3.63, 3.8) is 0 Å². The molecule has 0 amide bonds. The van der Waals surface area contributed by atoms with Crippen molar-refractivity contribution < 1.29 is 19.1 Å². The van der Waals surface area contributed by atoms with Gasteiger partial charge in [-0.15, -0.1) is 0 Å². The van der Waals surface area contributed by atoms with E-state index in [1.54, 1.807) is 12.5 Å². The molecule has 0 unspecified atom stereocenters. The fraction of sp³-hybridized carbons (Fsp3) is 0.593. The van der Waals surface area contributed by atoms with Gasteiger partial charge in [-0.1, -0.05) is 118 Å². The van der Waals surface area contributed by atoms with Crippen LogP contribution in [0.15, 0.2) is 128 Å². The molecule has 0 spiro atoms. The highest BCUT2D eigenvalue weighted by Gasteiger charge is 2.34. The number of methoxy groups -OCH3 is 2. The quantitative estimate of drug-likeness (QED) is 0.0499. The Labute approximate surface area is 388 Å². The molecule has 352 valence electrons. The molecule has 0 bridgehead atoms. The molecule has 0 aromatic carbocycles. The summed E-state index contributed by atoms with van der Waals surface area (Å²) in [6, 6.07) is 0. The summed E-state index contributed by atoms with van der Waals surface area (Å²) in [4.78, 5) is 25.5. The van der Waals surface area contributed by atoms with Gasteiger partial charge in [-0.2, -0.15) is 0 Å². The molecule has 0 fully saturated rings. The number of hydrogen-bond donors (Lipinski definition) is 0. The molecular weight excluding hydrogens is 773 g/mol. The minimum atomic E-state index is -0.283. The summed E-state index contributed by atoms with van der Waals surface area (Å²) < 4.78 is 10.3. The maximum absolute atomic E-state index is 12.9. The molecule has 4 heteroatoms. The molecule has 0 heterocycles. The molecule has 0 radical (unpaired) electrons. The van der Waals surface area contributed by atoms with Crippen LogP contribution in [-0.2, 0) is 19.1 Å². The van der Waals surface area contributed by atoms with E-state index in [-0.39, 0.29) is 23.1 Å². The van der Waals surface area contributed by atoms with Crippen LogP contribution in [0.1, 0.15) is 212 Å². The molecule has 0 N–H and O–H groups in total. The van der Waals surface area contributed by atoms with Crippen LogP contribution < -0.4 is 0 Å². The summed E-state index contributed by atoms with van der Waals surface area (Å²) in [5, 5.41) is 0. The Kier molecular flexibility index (Phi) is 30.4. The molecule has 0 saturated heterocycles. The third-order valence-corrected chi connectivity index (χ3v) is 12.4. The van der Waals surface area contributed by atoms with Crippen LogP contribution in [-0.4, -0.2) is 25.8 Å². The molecular formula is C59H92O4. The van der Waals surface area contributed by atoms with E-state index in [0.29, 0.717) is 17.6 Å². The predicted octanol–water partition coefficient (Wildman–Crippen LogP) is 17.9. The van der Waals surface area contributed by atoms with Crippen molar-refractivity contribution in [2.75, 3.05) is 14.2 Å². The lowest BCUT2D eigenvalue weighted by Crippen LogP contribution is -2.24. The van der Waals surface area contributed by atoms with Gasteiger partial charge >= 0.3 is 0 Å². The average molecular weight is 865 g/mol. The molecule has 1 rings (SSSR count). The third kappa shape index (κ3) is 26.5. The van der Waals surface area contributed by atoms with Crippen LogP contribution in [0.3, 0.4) is 0 Å². The highest BCUT2D eigenvalue weighted by molar-refractivity contribution is 6.23. The van der Waals surface area contributed by atoms with Gasteiger partial charge in [0.05, 0.1) is 14.2 Å². The maximum atomic E-state index is 12.9. The molecule has 0 aromatic heterocycles. The number of ketones is 2. The van der Waals surface area contributed by atoms with E-state index in [4.69, 9.17) is 9.47 Å². The van der Waals surface area contributed by atoms with Crippen molar-refractivity contribution in [2.45, 2.75) is 212 Å². The Balaban J connectivity index is 2.29. The largest absolute Gasteiger partial charge is 0.489 e. The van der Waals surface area contributed by atoms with Crippen molar-refractivity contribution in [1.82, 2.24) is 0 Å². The van der Waals surface area contributed by atoms with Crippen molar-refractivity contribution in [1.29, 1.82) is 0 Å². The zero-order valence-corrected chi connectivity index (χ0v) is 43.0. The second-order valence-electron chi connectivity index (χ2n) is 19.1. The molecule has 1 aliphatic carbocycles. The minimum Gasteiger partial charge on any atom is -0.489 e. The Morgan fingerprint density at radius 1 is 0.429 bits per heavy atom. The normalized spacial score (nSPS) is 16.1. The van der Waals surface area contributed by atoms with Gasteiger partial charge in [0.2, 0.25) is 23.1 Å².